The van der Waals surface area contributed by atoms with Gasteiger partial charge in [-0.15, -0.1) is 0 Å². The molecular weight excluding hydrogens is 238 g/mol. The quantitative estimate of drug-likeness (QED) is 0.531. The van der Waals surface area contributed by atoms with Crippen LogP contribution in [-0.2, 0) is 0 Å². The number of aliphatic hydroxyl groups excluding tert-OH is 2. The first-order valence-electron chi connectivity index (χ1n) is 8.16. The van der Waals surface area contributed by atoms with Crippen LogP contribution < -0.4 is 5.73 Å². The standard InChI is InChI=1S/C12H27N.2C2H6O/c1-2-3-4-5-6-7-8-9-10-11-12-13;2*1-2-3/h2-13H2,1H3;2*3H,2H2,1H3. The van der Waals surface area contributed by atoms with E-state index in [0.717, 1.165) is 6.54 Å². The van der Waals surface area contributed by atoms with Crippen molar-refractivity contribution in [3.8, 4) is 0 Å². The second-order valence-electron chi connectivity index (χ2n) is 4.60. The van der Waals surface area contributed by atoms with Crippen LogP contribution in [0, 0.1) is 0 Å². The van der Waals surface area contributed by atoms with Crippen LogP contribution in [0.1, 0.15) is 85.0 Å². The summed E-state index contributed by atoms with van der Waals surface area (Å²) in [5, 5.41) is 15.1. The molecule has 0 spiro atoms. The fraction of sp³-hybridized carbons (Fsp3) is 1.00. The van der Waals surface area contributed by atoms with Crippen LogP contribution in [0.2, 0.25) is 0 Å². The van der Waals surface area contributed by atoms with Gasteiger partial charge < -0.3 is 15.9 Å². The molecule has 0 amide bonds. The fourth-order valence-corrected chi connectivity index (χ4v) is 1.63. The van der Waals surface area contributed by atoms with Gasteiger partial charge in [-0.25, -0.2) is 0 Å². The van der Waals surface area contributed by atoms with E-state index in [2.05, 4.69) is 6.92 Å². The Morgan fingerprint density at radius 1 is 0.579 bits per heavy atom. The maximum atomic E-state index is 7.57. The molecule has 19 heavy (non-hydrogen) atoms. The lowest BCUT2D eigenvalue weighted by molar-refractivity contribution is 0.318. The van der Waals surface area contributed by atoms with Gasteiger partial charge in [0, 0.05) is 13.2 Å². The van der Waals surface area contributed by atoms with Crippen LogP contribution in [0.5, 0.6) is 0 Å². The second kappa shape index (κ2) is 30.7. The van der Waals surface area contributed by atoms with Gasteiger partial charge in [0.1, 0.15) is 0 Å². The summed E-state index contributed by atoms with van der Waals surface area (Å²) in [5.74, 6) is 0. The molecule has 3 nitrogen and oxygen atoms in total. The van der Waals surface area contributed by atoms with E-state index in [4.69, 9.17) is 15.9 Å². The van der Waals surface area contributed by atoms with E-state index in [1.165, 1.54) is 64.2 Å². The normalized spacial score (nSPS) is 9.16. The maximum Gasteiger partial charge on any atom is 0.0402 e. The van der Waals surface area contributed by atoms with Crippen molar-refractivity contribution >= 4 is 0 Å². The Morgan fingerprint density at radius 3 is 1.11 bits per heavy atom. The van der Waals surface area contributed by atoms with Crippen LogP contribution in [0.25, 0.3) is 0 Å². The van der Waals surface area contributed by atoms with Crippen LogP contribution in [0.15, 0.2) is 0 Å². The molecule has 0 saturated carbocycles. The average Bonchev–Trinajstić information content (AvgIpc) is 2.39. The van der Waals surface area contributed by atoms with Gasteiger partial charge in [-0.3, -0.25) is 0 Å². The summed E-state index contributed by atoms with van der Waals surface area (Å²) in [5.41, 5.74) is 5.42. The molecule has 0 radical (unpaired) electrons. The second-order valence-corrected chi connectivity index (χ2v) is 4.60. The summed E-state index contributed by atoms with van der Waals surface area (Å²) in [7, 11) is 0. The number of unbranched alkanes of at least 4 members (excludes halogenated alkanes) is 9. The minimum absolute atomic E-state index is 0.250. The molecule has 0 aliphatic heterocycles. The SMILES string of the molecule is CCCCCCCCCCCCN.CCO.CCO. The lowest BCUT2D eigenvalue weighted by Gasteiger charge is -2.00. The van der Waals surface area contributed by atoms with E-state index >= 15 is 0 Å². The summed E-state index contributed by atoms with van der Waals surface area (Å²) in [4.78, 5) is 0. The molecule has 120 valence electrons. The molecule has 4 N–H and O–H groups in total. The molecule has 0 atom stereocenters. The monoisotopic (exact) mass is 277 g/mol. The zero-order chi connectivity index (χ0) is 15.2. The lowest BCUT2D eigenvalue weighted by Crippen LogP contribution is -1.97. The Bertz CT molecular complexity index is 98.9. The van der Waals surface area contributed by atoms with E-state index in [1.54, 1.807) is 13.8 Å². The van der Waals surface area contributed by atoms with Gasteiger partial charge in [0.25, 0.3) is 0 Å². The van der Waals surface area contributed by atoms with Crippen molar-refractivity contribution in [3.05, 3.63) is 0 Å². The molecule has 0 aliphatic rings. The van der Waals surface area contributed by atoms with Crippen molar-refractivity contribution in [1.29, 1.82) is 0 Å². The van der Waals surface area contributed by atoms with Crippen molar-refractivity contribution in [2.75, 3.05) is 19.8 Å². The molecule has 0 aromatic heterocycles. The molecule has 0 aromatic carbocycles. The largest absolute Gasteiger partial charge is 0.397 e. The van der Waals surface area contributed by atoms with E-state index in [9.17, 15) is 0 Å². The predicted molar refractivity (Wildman–Crippen MR) is 86.4 cm³/mol. The van der Waals surface area contributed by atoms with Crippen LogP contribution in [0.3, 0.4) is 0 Å². The van der Waals surface area contributed by atoms with Gasteiger partial charge in [0.15, 0.2) is 0 Å². The van der Waals surface area contributed by atoms with Crippen LogP contribution in [-0.4, -0.2) is 30.0 Å². The maximum absolute atomic E-state index is 7.57. The predicted octanol–water partition coefficient (Wildman–Crippen LogP) is 3.86. The molecule has 3 heteroatoms. The topological polar surface area (TPSA) is 66.5 Å². The van der Waals surface area contributed by atoms with Crippen LogP contribution in [0.4, 0.5) is 0 Å². The molecular formula is C16H39NO2. The molecule has 0 rings (SSSR count). The van der Waals surface area contributed by atoms with Crippen LogP contribution >= 0.6 is 0 Å². The van der Waals surface area contributed by atoms with E-state index in [-0.39, 0.29) is 13.2 Å². The molecule has 0 fully saturated rings. The number of aliphatic hydroxyl groups is 2. The summed E-state index contributed by atoms with van der Waals surface area (Å²) < 4.78 is 0. The zero-order valence-corrected chi connectivity index (χ0v) is 13.7. The highest BCUT2D eigenvalue weighted by atomic mass is 16.3. The van der Waals surface area contributed by atoms with Gasteiger partial charge in [-0.2, -0.15) is 0 Å². The third-order valence-electron chi connectivity index (χ3n) is 2.56. The smallest absolute Gasteiger partial charge is 0.0402 e. The molecule has 0 aliphatic carbocycles. The molecule has 0 saturated heterocycles. The van der Waals surface area contributed by atoms with Gasteiger partial charge in [0.05, 0.1) is 0 Å². The third kappa shape index (κ3) is 46.2. The van der Waals surface area contributed by atoms with Gasteiger partial charge >= 0.3 is 0 Å². The van der Waals surface area contributed by atoms with Crippen molar-refractivity contribution in [2.24, 2.45) is 5.73 Å². The summed E-state index contributed by atoms with van der Waals surface area (Å²) in [6.45, 7) is 7.00. The van der Waals surface area contributed by atoms with E-state index in [0.29, 0.717) is 0 Å². The number of hydrogen-bond donors (Lipinski definition) is 3. The van der Waals surface area contributed by atoms with Gasteiger partial charge in [-0.05, 0) is 26.8 Å². The first-order valence-corrected chi connectivity index (χ1v) is 8.16. The Hall–Kier alpha value is -0.120. The minimum atomic E-state index is 0.250. The van der Waals surface area contributed by atoms with Gasteiger partial charge in [-0.1, -0.05) is 64.7 Å². The molecule has 0 bridgehead atoms. The zero-order valence-electron chi connectivity index (χ0n) is 13.7. The lowest BCUT2D eigenvalue weighted by atomic mass is 10.1. The Balaban J connectivity index is -0.000000360. The average molecular weight is 277 g/mol. The summed E-state index contributed by atoms with van der Waals surface area (Å²) >= 11 is 0. The molecule has 0 aromatic rings. The molecule has 0 heterocycles. The summed E-state index contributed by atoms with van der Waals surface area (Å²) in [6, 6.07) is 0. The molecule has 0 unspecified atom stereocenters. The Morgan fingerprint density at radius 2 is 0.842 bits per heavy atom. The Kier molecular flexibility index (Phi) is 38.7. The van der Waals surface area contributed by atoms with E-state index in [1.807, 2.05) is 0 Å². The highest BCUT2D eigenvalue weighted by Gasteiger charge is 1.91. The number of hydrogen-bond acceptors (Lipinski definition) is 3. The van der Waals surface area contributed by atoms with E-state index < -0.39 is 0 Å². The number of nitrogens with two attached hydrogens (primary N) is 1. The summed E-state index contributed by atoms with van der Waals surface area (Å²) in [6.07, 6.45) is 13.9. The Labute approximate surface area is 121 Å². The highest BCUT2D eigenvalue weighted by molar-refractivity contribution is 4.47. The first kappa shape index (κ1) is 23.9. The van der Waals surface area contributed by atoms with Crippen molar-refractivity contribution < 1.29 is 10.2 Å². The van der Waals surface area contributed by atoms with Gasteiger partial charge in [0.2, 0.25) is 0 Å². The van der Waals surface area contributed by atoms with Crippen molar-refractivity contribution in [1.82, 2.24) is 0 Å². The minimum Gasteiger partial charge on any atom is -0.397 e. The fourth-order valence-electron chi connectivity index (χ4n) is 1.63. The number of rotatable bonds is 10. The third-order valence-corrected chi connectivity index (χ3v) is 2.56. The van der Waals surface area contributed by atoms with Crippen molar-refractivity contribution in [2.45, 2.75) is 85.0 Å². The van der Waals surface area contributed by atoms with Crippen molar-refractivity contribution in [3.63, 3.8) is 0 Å². The highest BCUT2D eigenvalue weighted by Crippen LogP contribution is 2.09. The first-order chi connectivity index (χ1) is 9.24.